The molecule has 0 aliphatic rings. The van der Waals surface area contributed by atoms with E-state index in [0.29, 0.717) is 27.6 Å². The number of hydrogen-bond donors (Lipinski definition) is 3. The molecular weight excluding hydrogens is 466 g/mol. The van der Waals surface area contributed by atoms with E-state index in [2.05, 4.69) is 15.8 Å². The normalized spacial score (nSPS) is 10.9. The van der Waals surface area contributed by atoms with Crippen LogP contribution in [0.25, 0.3) is 10.8 Å². The van der Waals surface area contributed by atoms with Crippen molar-refractivity contribution in [1.29, 1.82) is 0 Å². The number of carbonyl (C=O) groups excluding carboxylic acids is 2. The minimum atomic E-state index is -0.473. The van der Waals surface area contributed by atoms with Crippen molar-refractivity contribution in [2.24, 2.45) is 5.10 Å². The summed E-state index contributed by atoms with van der Waals surface area (Å²) in [5.41, 5.74) is 4.74. The van der Waals surface area contributed by atoms with Gasteiger partial charge in [0.05, 0.1) is 6.21 Å². The largest absolute Gasteiger partial charge is 0.507 e. The van der Waals surface area contributed by atoms with Crippen LogP contribution in [0.1, 0.15) is 21.5 Å². The summed E-state index contributed by atoms with van der Waals surface area (Å²) < 4.78 is 5.47. The van der Waals surface area contributed by atoms with Gasteiger partial charge in [0.25, 0.3) is 11.8 Å². The van der Waals surface area contributed by atoms with E-state index >= 15 is 0 Å². The minimum Gasteiger partial charge on any atom is -0.507 e. The van der Waals surface area contributed by atoms with Crippen molar-refractivity contribution in [3.63, 3.8) is 0 Å². The quantitative estimate of drug-likeness (QED) is 0.243. The molecule has 4 rings (SSSR count). The topological polar surface area (TPSA) is 100 Å². The minimum absolute atomic E-state index is 0.0626. The predicted molar refractivity (Wildman–Crippen MR) is 137 cm³/mol. The molecule has 0 spiro atoms. The fourth-order valence-corrected chi connectivity index (χ4v) is 3.58. The van der Waals surface area contributed by atoms with Crippen LogP contribution in [0.3, 0.4) is 0 Å². The molecule has 0 radical (unpaired) electrons. The lowest BCUT2D eigenvalue weighted by molar-refractivity contribution is -0.123. The average Bonchev–Trinajstić information content (AvgIpc) is 2.87. The van der Waals surface area contributed by atoms with Gasteiger partial charge >= 0.3 is 0 Å². The molecule has 0 bridgehead atoms. The summed E-state index contributed by atoms with van der Waals surface area (Å²) in [6.45, 7) is 1.56. The molecular formula is C27H22ClN3O4. The van der Waals surface area contributed by atoms with Crippen molar-refractivity contribution < 1.29 is 19.4 Å². The highest BCUT2D eigenvalue weighted by Gasteiger charge is 2.10. The SMILES string of the molecule is Cc1c(Cl)cccc1NC(=O)c1ccc(OCC(=O)N/N=C/c2c(O)ccc3ccccc23)cc1. The first-order chi connectivity index (χ1) is 16.9. The number of hydrazone groups is 1. The Morgan fingerprint density at radius 1 is 1.00 bits per heavy atom. The molecule has 3 N–H and O–H groups in total. The fourth-order valence-electron chi connectivity index (χ4n) is 3.41. The van der Waals surface area contributed by atoms with Gasteiger partial charge in [-0.05, 0) is 65.7 Å². The number of halogens is 1. The Labute approximate surface area is 207 Å². The fraction of sp³-hybridized carbons (Fsp3) is 0.0741. The van der Waals surface area contributed by atoms with Gasteiger partial charge < -0.3 is 15.2 Å². The van der Waals surface area contributed by atoms with Crippen LogP contribution in [0.15, 0.2) is 84.0 Å². The molecule has 0 unspecified atom stereocenters. The monoisotopic (exact) mass is 487 g/mol. The number of phenolic OH excluding ortho intramolecular Hbond substituents is 1. The van der Waals surface area contributed by atoms with Crippen molar-refractivity contribution >= 4 is 46.1 Å². The number of anilines is 1. The Morgan fingerprint density at radius 3 is 2.57 bits per heavy atom. The van der Waals surface area contributed by atoms with E-state index in [4.69, 9.17) is 16.3 Å². The third-order valence-electron chi connectivity index (χ3n) is 5.33. The molecule has 0 saturated heterocycles. The van der Waals surface area contributed by atoms with Crippen molar-refractivity contribution in [2.45, 2.75) is 6.92 Å². The second-order valence-corrected chi connectivity index (χ2v) is 8.10. The maximum absolute atomic E-state index is 12.5. The number of phenols is 1. The number of rotatable bonds is 7. The summed E-state index contributed by atoms with van der Waals surface area (Å²) in [5.74, 6) is -0.274. The molecule has 4 aromatic rings. The number of hydrogen-bond acceptors (Lipinski definition) is 5. The Hall–Kier alpha value is -4.36. The Kier molecular flexibility index (Phi) is 7.28. The summed E-state index contributed by atoms with van der Waals surface area (Å²) in [6.07, 6.45) is 1.39. The van der Waals surface area contributed by atoms with E-state index in [0.717, 1.165) is 16.3 Å². The van der Waals surface area contributed by atoms with Gasteiger partial charge in [-0.15, -0.1) is 0 Å². The summed E-state index contributed by atoms with van der Waals surface area (Å²) >= 11 is 6.10. The average molecular weight is 488 g/mol. The Balaban J connectivity index is 1.31. The molecule has 176 valence electrons. The van der Waals surface area contributed by atoms with E-state index in [1.807, 2.05) is 37.3 Å². The Morgan fingerprint density at radius 2 is 1.77 bits per heavy atom. The predicted octanol–water partition coefficient (Wildman–Crippen LogP) is 5.29. The lowest BCUT2D eigenvalue weighted by Gasteiger charge is -2.10. The van der Waals surface area contributed by atoms with Gasteiger partial charge in [-0.3, -0.25) is 9.59 Å². The molecule has 7 nitrogen and oxygen atoms in total. The van der Waals surface area contributed by atoms with Gasteiger partial charge in [-0.2, -0.15) is 5.10 Å². The molecule has 0 heterocycles. The first kappa shape index (κ1) is 23.8. The molecule has 35 heavy (non-hydrogen) atoms. The van der Waals surface area contributed by atoms with Gasteiger partial charge in [0.1, 0.15) is 11.5 Å². The van der Waals surface area contributed by atoms with Gasteiger partial charge in [-0.25, -0.2) is 5.43 Å². The molecule has 2 amide bonds. The van der Waals surface area contributed by atoms with Crippen LogP contribution in [-0.2, 0) is 4.79 Å². The van der Waals surface area contributed by atoms with Crippen LogP contribution in [0.5, 0.6) is 11.5 Å². The van der Waals surface area contributed by atoms with E-state index < -0.39 is 5.91 Å². The van der Waals surface area contributed by atoms with Crippen LogP contribution in [0, 0.1) is 6.92 Å². The lowest BCUT2D eigenvalue weighted by Crippen LogP contribution is -2.24. The van der Waals surface area contributed by atoms with E-state index in [9.17, 15) is 14.7 Å². The number of amides is 2. The number of ether oxygens (including phenoxy) is 1. The molecule has 0 atom stereocenters. The highest BCUT2D eigenvalue weighted by molar-refractivity contribution is 6.31. The summed E-state index contributed by atoms with van der Waals surface area (Å²) in [7, 11) is 0. The summed E-state index contributed by atoms with van der Waals surface area (Å²) in [6, 6.07) is 22.6. The summed E-state index contributed by atoms with van der Waals surface area (Å²) in [4.78, 5) is 24.6. The maximum Gasteiger partial charge on any atom is 0.277 e. The van der Waals surface area contributed by atoms with Crippen molar-refractivity contribution in [1.82, 2.24) is 5.43 Å². The second kappa shape index (κ2) is 10.7. The molecule has 0 aliphatic heterocycles. The van der Waals surface area contributed by atoms with Crippen LogP contribution >= 0.6 is 11.6 Å². The molecule has 0 aliphatic carbocycles. The van der Waals surface area contributed by atoms with Crippen molar-refractivity contribution in [3.05, 3.63) is 101 Å². The first-order valence-electron chi connectivity index (χ1n) is 10.7. The Bertz CT molecular complexity index is 1420. The molecule has 0 saturated carbocycles. The number of fused-ring (bicyclic) bond motifs is 1. The van der Waals surface area contributed by atoms with Crippen LogP contribution in [-0.4, -0.2) is 29.7 Å². The van der Waals surface area contributed by atoms with Gasteiger partial charge in [0, 0.05) is 21.8 Å². The molecule has 0 fully saturated rings. The van der Waals surface area contributed by atoms with Gasteiger partial charge in [0.2, 0.25) is 0 Å². The van der Waals surface area contributed by atoms with E-state index in [1.54, 1.807) is 48.5 Å². The number of benzene rings is 4. The van der Waals surface area contributed by atoms with Crippen LogP contribution in [0.4, 0.5) is 5.69 Å². The standard InChI is InChI=1S/C27H22ClN3O4/c1-17-23(28)7-4-8-24(17)30-27(34)19-9-12-20(13-10-19)35-16-26(33)31-29-15-22-21-6-3-2-5-18(21)11-14-25(22)32/h2-15,32H,16H2,1H3,(H,30,34)(H,31,33)/b29-15+. The zero-order valence-electron chi connectivity index (χ0n) is 18.8. The third kappa shape index (κ3) is 5.77. The number of nitrogens with one attached hydrogen (secondary N) is 2. The van der Waals surface area contributed by atoms with Gasteiger partial charge in [-0.1, -0.05) is 48.0 Å². The maximum atomic E-state index is 12.5. The van der Waals surface area contributed by atoms with Crippen LogP contribution in [0.2, 0.25) is 5.02 Å². The third-order valence-corrected chi connectivity index (χ3v) is 5.74. The second-order valence-electron chi connectivity index (χ2n) is 7.69. The highest BCUT2D eigenvalue weighted by atomic mass is 35.5. The first-order valence-corrected chi connectivity index (χ1v) is 11.1. The summed E-state index contributed by atoms with van der Waals surface area (Å²) in [5, 5.41) is 19.2. The van der Waals surface area contributed by atoms with Crippen molar-refractivity contribution in [2.75, 3.05) is 11.9 Å². The number of nitrogens with zero attached hydrogens (tertiary/aromatic N) is 1. The zero-order chi connectivity index (χ0) is 24.8. The highest BCUT2D eigenvalue weighted by Crippen LogP contribution is 2.25. The van der Waals surface area contributed by atoms with E-state index in [-0.39, 0.29) is 18.3 Å². The van der Waals surface area contributed by atoms with Crippen LogP contribution < -0.4 is 15.5 Å². The zero-order valence-corrected chi connectivity index (χ0v) is 19.5. The molecule has 0 aromatic heterocycles. The van der Waals surface area contributed by atoms with E-state index in [1.165, 1.54) is 6.21 Å². The molecule has 4 aromatic carbocycles. The smallest absolute Gasteiger partial charge is 0.277 e. The number of aromatic hydroxyl groups is 1. The lowest BCUT2D eigenvalue weighted by atomic mass is 10.0. The van der Waals surface area contributed by atoms with Gasteiger partial charge in [0.15, 0.2) is 6.61 Å². The van der Waals surface area contributed by atoms with Crippen molar-refractivity contribution in [3.8, 4) is 11.5 Å². The molecule has 8 heteroatoms. The number of carbonyl (C=O) groups is 2.